The molecule has 0 bridgehead atoms. The number of benzene rings is 1. The van der Waals surface area contributed by atoms with Crippen LogP contribution in [0.4, 0.5) is 0 Å². The molecule has 0 aliphatic heterocycles. The van der Waals surface area contributed by atoms with E-state index in [-0.39, 0.29) is 33.8 Å². The molecule has 0 radical (unpaired) electrons. The van der Waals surface area contributed by atoms with Crippen LogP contribution in [0.15, 0.2) is 35.1 Å². The summed E-state index contributed by atoms with van der Waals surface area (Å²) in [6, 6.07) is 3.13. The van der Waals surface area contributed by atoms with Gasteiger partial charge < -0.3 is 36.7 Å². The average molecular weight is 543 g/mol. The second-order valence-corrected chi connectivity index (χ2v) is 8.79. The van der Waals surface area contributed by atoms with Gasteiger partial charge in [0.1, 0.15) is 22.8 Å². The highest BCUT2D eigenvalue weighted by Gasteiger charge is 2.68. The summed E-state index contributed by atoms with van der Waals surface area (Å²) in [5.74, 6) is -8.87. The minimum absolute atomic E-state index is 0. The lowest BCUT2D eigenvalue weighted by Gasteiger charge is -2.53. The Morgan fingerprint density at radius 1 is 1.15 bits per heavy atom. The minimum atomic E-state index is -2.89. The van der Waals surface area contributed by atoms with Gasteiger partial charge in [0.05, 0.1) is 23.6 Å². The van der Waals surface area contributed by atoms with Crippen LogP contribution in [-0.4, -0.2) is 85.2 Å². The largest absolute Gasteiger partial charge is 0.508 e. The Bertz CT molecular complexity index is 1150. The quantitative estimate of drug-likeness (QED) is 0.259. The van der Waals surface area contributed by atoms with Gasteiger partial charge in [-0.15, -0.1) is 17.0 Å². The molecule has 11 nitrogen and oxygen atoms in total. The summed E-state index contributed by atoms with van der Waals surface area (Å²) in [6.07, 6.45) is -1.59. The normalized spacial score (nSPS) is 32.4. The maximum atomic E-state index is 13.7. The van der Waals surface area contributed by atoms with Gasteiger partial charge >= 0.3 is 0 Å². The summed E-state index contributed by atoms with van der Waals surface area (Å²) in [5, 5.41) is 54.9. The summed E-state index contributed by atoms with van der Waals surface area (Å²) < 4.78 is 0. The summed E-state index contributed by atoms with van der Waals surface area (Å²) in [7, 11) is 2.92. The van der Waals surface area contributed by atoms with E-state index in [0.29, 0.717) is 5.56 Å². The zero-order valence-electron chi connectivity index (χ0n) is 18.5. The third-order valence-electron chi connectivity index (χ3n) is 6.99. The van der Waals surface area contributed by atoms with Crippen molar-refractivity contribution >= 4 is 40.2 Å². The fourth-order valence-electron chi connectivity index (χ4n) is 5.58. The van der Waals surface area contributed by atoms with Crippen LogP contribution in [0, 0.1) is 11.8 Å². The number of halogens is 1. The van der Waals surface area contributed by atoms with Gasteiger partial charge in [0.2, 0.25) is 5.78 Å². The molecule has 1 saturated carbocycles. The zero-order chi connectivity index (χ0) is 23.9. The van der Waals surface area contributed by atoms with Crippen LogP contribution in [0.2, 0.25) is 0 Å². The number of hydrogen-bond acceptors (Lipinski definition) is 9. The number of primary amides is 1. The molecule has 3 aliphatic carbocycles. The Morgan fingerprint density at radius 2 is 1.74 bits per heavy atom. The van der Waals surface area contributed by atoms with Crippen molar-refractivity contribution in [3.05, 3.63) is 46.2 Å². The lowest BCUT2D eigenvalue weighted by atomic mass is 9.54. The zero-order valence-corrected chi connectivity index (χ0v) is 20.2. The minimum Gasteiger partial charge on any atom is -0.508 e. The van der Waals surface area contributed by atoms with E-state index in [0.717, 1.165) is 0 Å². The van der Waals surface area contributed by atoms with E-state index in [1.54, 1.807) is 19.1 Å². The fourth-order valence-corrected chi connectivity index (χ4v) is 5.58. The maximum absolute atomic E-state index is 13.7. The highest BCUT2D eigenvalue weighted by Crippen LogP contribution is 2.55. The number of rotatable bonds is 2. The summed E-state index contributed by atoms with van der Waals surface area (Å²) in [5.41, 5.74) is 1.47. The van der Waals surface area contributed by atoms with E-state index in [9.17, 15) is 39.9 Å². The predicted octanol–water partition coefficient (Wildman–Crippen LogP) is -0.751. The van der Waals surface area contributed by atoms with Crippen LogP contribution in [0.1, 0.15) is 24.0 Å². The van der Waals surface area contributed by atoms with Crippen LogP contribution in [-0.2, 0) is 14.4 Å². The van der Waals surface area contributed by atoms with E-state index < -0.39 is 75.6 Å². The molecule has 1 fully saturated rings. The molecule has 9 N–H and O–H groups in total. The molecule has 0 heterocycles. The monoisotopic (exact) mass is 542 g/mol. The number of carbonyl (C=O) groups excluding carboxylic acids is 3. The molecule has 12 heteroatoms. The van der Waals surface area contributed by atoms with E-state index in [1.807, 2.05) is 0 Å². The van der Waals surface area contributed by atoms with Crippen molar-refractivity contribution in [2.75, 3.05) is 14.1 Å². The molecule has 186 valence electrons. The average Bonchev–Trinajstić information content (AvgIpc) is 2.70. The van der Waals surface area contributed by atoms with Crippen molar-refractivity contribution < 1.29 is 45.4 Å². The molecular formula is C22H27BrN2O9. The Kier molecular flexibility index (Phi) is 7.10. The number of nitrogens with two attached hydrogens (primary N) is 1. The lowest BCUT2D eigenvalue weighted by Crippen LogP contribution is -2.70. The van der Waals surface area contributed by atoms with Crippen molar-refractivity contribution in [1.29, 1.82) is 0 Å². The van der Waals surface area contributed by atoms with E-state index in [4.69, 9.17) is 5.73 Å². The standard InChI is InChI=1S/C22H24N2O8.BrH.H2O/c1-7-8-5-4-6-9(25)11(8)16(26)12-10(7)17(27)14-15(24(2)3)18(28)13(21(23)31)20(30)22(14,32)19(12)29;;/h4-7,10,14-15,17,25-27,30,32H,1-3H3,(H2,23,31);1H;1H2/t7-,10+,14+,15-,17-,22-;;/m0../s1. The molecule has 1 amide bonds. The van der Waals surface area contributed by atoms with Crippen LogP contribution < -0.4 is 5.73 Å². The van der Waals surface area contributed by atoms with Gasteiger partial charge in [0.15, 0.2) is 11.4 Å². The number of aliphatic hydroxyl groups is 4. The first-order valence-electron chi connectivity index (χ1n) is 10.0. The van der Waals surface area contributed by atoms with Gasteiger partial charge in [-0.3, -0.25) is 19.3 Å². The molecule has 3 aliphatic rings. The number of likely N-dealkylation sites (N-methyl/N-ethyl adjacent to an activating group) is 1. The first-order valence-corrected chi connectivity index (χ1v) is 10.0. The molecule has 0 aromatic heterocycles. The number of ketones is 2. The molecule has 6 atom stereocenters. The molecule has 1 aromatic carbocycles. The van der Waals surface area contributed by atoms with Crippen molar-refractivity contribution in [3.8, 4) is 5.75 Å². The van der Waals surface area contributed by atoms with Crippen LogP contribution in [0.3, 0.4) is 0 Å². The predicted molar refractivity (Wildman–Crippen MR) is 124 cm³/mol. The number of phenolic OH excluding ortho intramolecular Hbond substituents is 1. The second kappa shape index (κ2) is 8.78. The number of fused-ring (bicyclic) bond motifs is 3. The van der Waals surface area contributed by atoms with E-state index in [1.165, 1.54) is 25.1 Å². The molecule has 0 spiro atoms. The molecule has 0 saturated heterocycles. The Hall–Kier alpha value is -2.77. The first kappa shape index (κ1) is 27.5. The fraction of sp³-hybridized carbons (Fsp3) is 0.409. The summed E-state index contributed by atoms with van der Waals surface area (Å²) in [4.78, 5) is 40.0. The van der Waals surface area contributed by atoms with Gasteiger partial charge in [0, 0.05) is 11.5 Å². The topological polar surface area (TPSA) is 213 Å². The van der Waals surface area contributed by atoms with Crippen molar-refractivity contribution in [2.24, 2.45) is 17.6 Å². The summed E-state index contributed by atoms with van der Waals surface area (Å²) in [6.45, 7) is 1.68. The first-order chi connectivity index (χ1) is 14.9. The maximum Gasteiger partial charge on any atom is 0.255 e. The SMILES string of the molecule is Br.C[C@H]1c2cccc(O)c2C(O)=C2C(=O)[C@]3(O)C(O)=C(C(N)=O)C(=O)[C@@H](N(C)C)[C@@H]3[C@@H](O)[C@@H]21.O. The highest BCUT2D eigenvalue weighted by atomic mass is 79.9. The van der Waals surface area contributed by atoms with Crippen molar-refractivity contribution in [2.45, 2.75) is 30.6 Å². The summed E-state index contributed by atoms with van der Waals surface area (Å²) >= 11 is 0. The van der Waals surface area contributed by atoms with Gasteiger partial charge in [0.25, 0.3) is 5.91 Å². The van der Waals surface area contributed by atoms with Crippen LogP contribution >= 0.6 is 17.0 Å². The lowest BCUT2D eigenvalue weighted by molar-refractivity contribution is -0.169. The number of Topliss-reactive ketones (excluding diaryl/α,β-unsaturated/α-hetero) is 2. The third-order valence-corrected chi connectivity index (χ3v) is 6.99. The number of aromatic hydroxyl groups is 1. The van der Waals surface area contributed by atoms with Gasteiger partial charge in [-0.1, -0.05) is 19.1 Å². The Labute approximate surface area is 204 Å². The van der Waals surface area contributed by atoms with Crippen LogP contribution in [0.25, 0.3) is 5.76 Å². The Balaban J connectivity index is 0.00000204. The van der Waals surface area contributed by atoms with Crippen molar-refractivity contribution in [1.82, 2.24) is 4.90 Å². The number of phenols is 1. The smallest absolute Gasteiger partial charge is 0.255 e. The van der Waals surface area contributed by atoms with Crippen molar-refractivity contribution in [3.63, 3.8) is 0 Å². The number of carbonyl (C=O) groups is 3. The highest BCUT2D eigenvalue weighted by molar-refractivity contribution is 8.93. The molecule has 4 rings (SSSR count). The number of hydrogen-bond donors (Lipinski definition) is 6. The number of amides is 1. The van der Waals surface area contributed by atoms with Gasteiger partial charge in [-0.2, -0.15) is 0 Å². The Morgan fingerprint density at radius 3 is 2.26 bits per heavy atom. The van der Waals surface area contributed by atoms with Crippen LogP contribution in [0.5, 0.6) is 5.75 Å². The number of nitrogens with zero attached hydrogens (tertiary/aromatic N) is 1. The molecule has 1 aromatic rings. The molecule has 34 heavy (non-hydrogen) atoms. The molecule has 0 unspecified atom stereocenters. The second-order valence-electron chi connectivity index (χ2n) is 8.79. The number of aliphatic hydroxyl groups excluding tert-OH is 3. The van der Waals surface area contributed by atoms with Gasteiger partial charge in [-0.05, 0) is 31.6 Å². The van der Waals surface area contributed by atoms with Gasteiger partial charge in [-0.25, -0.2) is 0 Å². The van der Waals surface area contributed by atoms with E-state index in [2.05, 4.69) is 0 Å². The third kappa shape index (κ3) is 3.21. The molecular weight excluding hydrogens is 516 g/mol. The van der Waals surface area contributed by atoms with E-state index >= 15 is 0 Å².